The smallest absolute Gasteiger partial charge is 0.305 e. The standard InChI is InChI=1S/C60H64N2O4P.BrH/c1-62(2)41-40-60(64,55-36-23-28-47-25-18-19-35-53(47)55)58(48-26-9-4-10-27-48)54-45-49-44-46(38-39-56(49)61-59(54)65-3)24-20-21-42-66-57(63)37-17-8-22-43-67(50-29-11-5-12-30-50,51-31-13-6-14-32-51)52-33-15-7-16-34-52;/h4-7,9-16,18-19,23,25-36,38-39,44-45,58,64H,8,17,20-22,24,37,40-43H2,1-3H3;1H/q+1;/p-1/t58-,60-;/m1./s1. The number of esters is 1. The Morgan fingerprint density at radius 2 is 1.26 bits per heavy atom. The Kier molecular flexibility index (Phi) is 17.7. The minimum absolute atomic E-state index is 0. The second-order valence-electron chi connectivity index (χ2n) is 18.0. The van der Waals surface area contributed by atoms with Gasteiger partial charge < -0.3 is 36.5 Å². The van der Waals surface area contributed by atoms with Gasteiger partial charge in [0.15, 0.2) is 0 Å². The Bertz CT molecular complexity index is 2730. The lowest BCUT2D eigenvalue weighted by atomic mass is 9.70. The van der Waals surface area contributed by atoms with Crippen molar-refractivity contribution in [1.29, 1.82) is 0 Å². The zero-order chi connectivity index (χ0) is 46.5. The number of aryl methyl sites for hydroxylation is 1. The summed E-state index contributed by atoms with van der Waals surface area (Å²) in [4.78, 5) is 20.1. The van der Waals surface area contributed by atoms with Gasteiger partial charge in [0, 0.05) is 29.8 Å². The number of nitrogens with zero attached hydrogens (tertiary/aromatic N) is 2. The average Bonchev–Trinajstić information content (AvgIpc) is 3.37. The normalized spacial score (nSPS) is 12.9. The molecule has 0 spiro atoms. The number of aromatic nitrogens is 1. The Morgan fingerprint density at radius 1 is 0.662 bits per heavy atom. The maximum Gasteiger partial charge on any atom is 0.305 e. The number of benzene rings is 7. The number of hydrogen-bond acceptors (Lipinski definition) is 6. The molecule has 1 aromatic heterocycles. The summed E-state index contributed by atoms with van der Waals surface area (Å²) in [7, 11) is 3.88. The number of rotatable bonds is 22. The third-order valence-electron chi connectivity index (χ3n) is 13.3. The first-order chi connectivity index (χ1) is 32.8. The first kappa shape index (κ1) is 50.2. The summed E-state index contributed by atoms with van der Waals surface area (Å²) in [5.41, 5.74) is 3.41. The van der Waals surface area contributed by atoms with Crippen molar-refractivity contribution >= 4 is 50.8 Å². The third-order valence-corrected chi connectivity index (χ3v) is 17.8. The van der Waals surface area contributed by atoms with E-state index in [-0.39, 0.29) is 23.0 Å². The lowest BCUT2D eigenvalue weighted by Crippen LogP contribution is -3.00. The largest absolute Gasteiger partial charge is 1.00 e. The van der Waals surface area contributed by atoms with E-state index in [0.717, 1.165) is 83.1 Å². The van der Waals surface area contributed by atoms with E-state index >= 15 is 0 Å². The molecule has 0 bridgehead atoms. The molecule has 0 unspecified atom stereocenters. The number of fused-ring (bicyclic) bond motifs is 2. The van der Waals surface area contributed by atoms with Crippen LogP contribution in [0.2, 0.25) is 0 Å². The summed E-state index contributed by atoms with van der Waals surface area (Å²) >= 11 is 0. The van der Waals surface area contributed by atoms with E-state index in [9.17, 15) is 9.90 Å². The van der Waals surface area contributed by atoms with Crippen LogP contribution in [0.15, 0.2) is 188 Å². The van der Waals surface area contributed by atoms with Crippen LogP contribution < -0.4 is 37.6 Å². The van der Waals surface area contributed by atoms with Crippen LogP contribution in [0.1, 0.15) is 73.1 Å². The van der Waals surface area contributed by atoms with Crippen LogP contribution in [0.25, 0.3) is 21.7 Å². The topological polar surface area (TPSA) is 71.9 Å². The first-order valence-corrected chi connectivity index (χ1v) is 25.9. The van der Waals surface area contributed by atoms with Crippen molar-refractivity contribution in [2.75, 3.05) is 40.5 Å². The highest BCUT2D eigenvalue weighted by molar-refractivity contribution is 7.95. The van der Waals surface area contributed by atoms with E-state index in [0.29, 0.717) is 31.9 Å². The summed E-state index contributed by atoms with van der Waals surface area (Å²) in [6.07, 6.45) is 7.31. The number of ether oxygens (including phenoxy) is 2. The second-order valence-corrected chi connectivity index (χ2v) is 21.6. The highest BCUT2D eigenvalue weighted by Crippen LogP contribution is 2.56. The van der Waals surface area contributed by atoms with Crippen LogP contribution in [0.5, 0.6) is 5.88 Å². The Morgan fingerprint density at radius 3 is 1.90 bits per heavy atom. The molecule has 2 atom stereocenters. The molecule has 7 aromatic carbocycles. The van der Waals surface area contributed by atoms with Crippen molar-refractivity contribution in [1.82, 2.24) is 9.88 Å². The van der Waals surface area contributed by atoms with Crippen LogP contribution in [-0.2, 0) is 21.6 Å². The molecule has 0 aliphatic rings. The van der Waals surface area contributed by atoms with Crippen molar-refractivity contribution in [3.05, 3.63) is 210 Å². The number of halogens is 1. The fourth-order valence-corrected chi connectivity index (χ4v) is 14.3. The van der Waals surface area contributed by atoms with Crippen LogP contribution in [0.3, 0.4) is 0 Å². The SMILES string of the molecule is COc1nc2ccc(CCCCOC(=O)CCCCC[P+](c3ccccc3)(c3ccccc3)c3ccccc3)cc2cc1[C@@H](c1ccccc1)[C@@](O)(CCN(C)C)c1cccc2ccccc12.[Br-]. The van der Waals surface area contributed by atoms with Crippen molar-refractivity contribution < 1.29 is 36.4 Å². The van der Waals surface area contributed by atoms with Crippen molar-refractivity contribution in [3.8, 4) is 5.88 Å². The molecule has 1 heterocycles. The Balaban J connectivity index is 0.00000684. The molecule has 8 aromatic rings. The maximum absolute atomic E-state index is 13.4. The van der Waals surface area contributed by atoms with Crippen LogP contribution in [-0.4, -0.2) is 61.5 Å². The summed E-state index contributed by atoms with van der Waals surface area (Å²) in [6, 6.07) is 66.3. The van der Waals surface area contributed by atoms with Gasteiger partial charge in [0.1, 0.15) is 28.8 Å². The zero-order valence-corrected chi connectivity index (χ0v) is 42.1. The van der Waals surface area contributed by atoms with Gasteiger partial charge in [-0.3, -0.25) is 4.79 Å². The van der Waals surface area contributed by atoms with E-state index < -0.39 is 18.8 Å². The van der Waals surface area contributed by atoms with Gasteiger partial charge >= 0.3 is 5.97 Å². The van der Waals surface area contributed by atoms with Gasteiger partial charge in [0.2, 0.25) is 5.88 Å². The number of hydrogen-bond donors (Lipinski definition) is 1. The highest BCUT2D eigenvalue weighted by atomic mass is 79.9. The molecule has 0 saturated heterocycles. The molecular formula is C60H64BrN2O4P. The van der Waals surface area contributed by atoms with Gasteiger partial charge in [-0.15, -0.1) is 0 Å². The fourth-order valence-electron chi connectivity index (χ4n) is 9.91. The molecular weight excluding hydrogens is 924 g/mol. The van der Waals surface area contributed by atoms with Gasteiger partial charge in [-0.05, 0) is 141 Å². The molecule has 68 heavy (non-hydrogen) atoms. The summed E-state index contributed by atoms with van der Waals surface area (Å²) in [5, 5.41) is 20.7. The first-order valence-electron chi connectivity index (χ1n) is 23.9. The van der Waals surface area contributed by atoms with E-state index in [1.807, 2.05) is 50.5 Å². The Hall–Kier alpha value is -5.69. The molecule has 350 valence electrons. The molecule has 0 saturated carbocycles. The predicted octanol–water partition coefficient (Wildman–Crippen LogP) is 8.79. The predicted molar refractivity (Wildman–Crippen MR) is 280 cm³/mol. The number of pyridine rings is 1. The van der Waals surface area contributed by atoms with Crippen LogP contribution in [0, 0.1) is 0 Å². The summed E-state index contributed by atoms with van der Waals surface area (Å²) in [6.45, 7) is 1.09. The molecule has 0 fully saturated rings. The average molecular weight is 988 g/mol. The van der Waals surface area contributed by atoms with Crippen LogP contribution >= 0.6 is 7.26 Å². The summed E-state index contributed by atoms with van der Waals surface area (Å²) in [5.74, 6) is -0.103. The van der Waals surface area contributed by atoms with E-state index in [1.165, 1.54) is 21.5 Å². The number of aliphatic hydroxyl groups is 1. The molecule has 1 N–H and O–H groups in total. The van der Waals surface area contributed by atoms with E-state index in [2.05, 4.69) is 157 Å². The third kappa shape index (κ3) is 11.6. The van der Waals surface area contributed by atoms with Crippen LogP contribution in [0.4, 0.5) is 0 Å². The molecule has 0 aliphatic heterocycles. The molecule has 6 nitrogen and oxygen atoms in total. The second kappa shape index (κ2) is 24.0. The molecule has 8 heteroatoms. The highest BCUT2D eigenvalue weighted by Gasteiger charge is 2.45. The molecule has 0 amide bonds. The van der Waals surface area contributed by atoms with Gasteiger partial charge in [-0.2, -0.15) is 0 Å². The molecule has 8 rings (SSSR count). The van der Waals surface area contributed by atoms with Gasteiger partial charge in [0.25, 0.3) is 0 Å². The number of carbonyl (C=O) groups is 1. The summed E-state index contributed by atoms with van der Waals surface area (Å²) < 4.78 is 11.8. The monoisotopic (exact) mass is 986 g/mol. The quantitative estimate of drug-likeness (QED) is 0.0417. The van der Waals surface area contributed by atoms with Crippen molar-refractivity contribution in [2.24, 2.45) is 0 Å². The lowest BCUT2D eigenvalue weighted by Gasteiger charge is -2.39. The maximum atomic E-state index is 13.4. The number of unbranched alkanes of at least 4 members (excludes halogenated alkanes) is 3. The minimum Gasteiger partial charge on any atom is -1.00 e. The lowest BCUT2D eigenvalue weighted by molar-refractivity contribution is -0.143. The minimum atomic E-state index is -1.87. The van der Waals surface area contributed by atoms with E-state index in [1.54, 1.807) is 7.11 Å². The zero-order valence-electron chi connectivity index (χ0n) is 39.6. The van der Waals surface area contributed by atoms with Crippen molar-refractivity contribution in [3.63, 3.8) is 0 Å². The van der Waals surface area contributed by atoms with Gasteiger partial charge in [0.05, 0.1) is 25.4 Å². The Labute approximate surface area is 414 Å². The molecule has 0 aliphatic carbocycles. The van der Waals surface area contributed by atoms with Gasteiger partial charge in [-0.1, -0.05) is 133 Å². The molecule has 0 radical (unpaired) electrons. The van der Waals surface area contributed by atoms with Crippen molar-refractivity contribution in [2.45, 2.75) is 62.9 Å². The number of methoxy groups -OCH3 is 1. The van der Waals surface area contributed by atoms with E-state index in [4.69, 9.17) is 14.5 Å². The van der Waals surface area contributed by atoms with Gasteiger partial charge in [-0.25, -0.2) is 4.98 Å². The number of carbonyl (C=O) groups excluding carboxylic acids is 1. The fraction of sp³-hybridized carbons (Fsp3) is 0.267.